The minimum atomic E-state index is -4.21. The Balaban J connectivity index is 2.30. The Labute approximate surface area is 126 Å². The molecule has 0 radical (unpaired) electrons. The molecule has 0 atom stereocenters. The van der Waals surface area contributed by atoms with Crippen LogP contribution in [0.2, 0.25) is 0 Å². The summed E-state index contributed by atoms with van der Waals surface area (Å²) < 4.78 is 33.3. The van der Waals surface area contributed by atoms with Gasteiger partial charge in [-0.15, -0.1) is 0 Å². The number of hydrogen-bond acceptors (Lipinski definition) is 4. The lowest BCUT2D eigenvalue weighted by Gasteiger charge is -2.06. The quantitative estimate of drug-likeness (QED) is 0.475. The van der Waals surface area contributed by atoms with Crippen molar-refractivity contribution in [2.45, 2.75) is 17.8 Å². The Hall–Kier alpha value is -0.950. The first-order valence-electron chi connectivity index (χ1n) is 5.88. The van der Waals surface area contributed by atoms with E-state index in [9.17, 15) is 13.0 Å². The van der Waals surface area contributed by atoms with Crippen LogP contribution in [0, 0.1) is 0 Å². The molecule has 8 heteroatoms. The van der Waals surface area contributed by atoms with Gasteiger partial charge in [-0.1, -0.05) is 46.1 Å². The maximum atomic E-state index is 10.6. The van der Waals surface area contributed by atoms with Crippen molar-refractivity contribution in [1.82, 2.24) is 5.10 Å². The summed E-state index contributed by atoms with van der Waals surface area (Å²) in [5.41, 5.74) is 1.41. The molecule has 0 saturated heterocycles. The molecule has 0 aliphatic heterocycles. The third-order valence-electron chi connectivity index (χ3n) is 2.76. The predicted octanol–water partition coefficient (Wildman–Crippen LogP) is 1.93. The highest BCUT2D eigenvalue weighted by Crippen LogP contribution is 2.29. The average molecular weight is 335 g/mol. The molecule has 1 heterocycles. The van der Waals surface area contributed by atoms with Gasteiger partial charge in [0.05, 0.1) is 15.7 Å². The molecule has 2 rings (SSSR count). The van der Waals surface area contributed by atoms with E-state index in [4.69, 9.17) is 23.2 Å². The van der Waals surface area contributed by atoms with E-state index in [2.05, 4.69) is 5.10 Å². The highest BCUT2D eigenvalue weighted by atomic mass is 35.5. The van der Waals surface area contributed by atoms with Gasteiger partial charge in [0.25, 0.3) is 0 Å². The highest BCUT2D eigenvalue weighted by Gasteiger charge is 2.16. The molecule has 2 aromatic rings. The summed E-state index contributed by atoms with van der Waals surface area (Å²) in [6.45, 7) is 0.305. The fourth-order valence-electron chi connectivity index (χ4n) is 1.89. The first-order valence-corrected chi connectivity index (χ1v) is 8.33. The zero-order valence-corrected chi connectivity index (χ0v) is 12.7. The lowest BCUT2D eigenvalue weighted by Crippen LogP contribution is -2.39. The molecular weight excluding hydrogens is 323 g/mol. The zero-order chi connectivity index (χ0) is 14.8. The fraction of sp³-hybridized carbons (Fsp3) is 0.333. The summed E-state index contributed by atoms with van der Waals surface area (Å²) in [5, 5.41) is 5.18. The van der Waals surface area contributed by atoms with E-state index in [0.717, 1.165) is 5.39 Å². The van der Waals surface area contributed by atoms with Crippen LogP contribution in [0.5, 0.6) is 0 Å². The minimum Gasteiger partial charge on any atom is -0.748 e. The van der Waals surface area contributed by atoms with E-state index >= 15 is 0 Å². The molecule has 0 unspecified atom stereocenters. The number of halogens is 2. The van der Waals surface area contributed by atoms with Crippen molar-refractivity contribution in [2.24, 2.45) is 0 Å². The molecule has 0 bridgehead atoms. The van der Waals surface area contributed by atoms with E-state index < -0.39 is 20.7 Å². The van der Waals surface area contributed by atoms with E-state index in [0.29, 0.717) is 17.6 Å². The normalized spacial score (nSPS) is 12.2. The van der Waals surface area contributed by atoms with Gasteiger partial charge in [-0.3, -0.25) is 0 Å². The van der Waals surface area contributed by atoms with Crippen molar-refractivity contribution in [3.05, 3.63) is 36.0 Å². The van der Waals surface area contributed by atoms with Gasteiger partial charge < -0.3 is 4.55 Å². The number of aryl methyl sites for hydroxylation is 1. The van der Waals surface area contributed by atoms with Crippen LogP contribution in [-0.2, 0) is 16.7 Å². The van der Waals surface area contributed by atoms with Crippen LogP contribution >= 0.6 is 23.2 Å². The van der Waals surface area contributed by atoms with Crippen molar-refractivity contribution in [1.29, 1.82) is 0 Å². The summed E-state index contributed by atoms with van der Waals surface area (Å²) >= 11 is 11.9. The van der Waals surface area contributed by atoms with E-state index in [1.807, 2.05) is 24.3 Å². The molecule has 1 aromatic carbocycles. The standard InChI is InChI=1S/C12H12Cl2N2O3S/c13-12(14)10-8-16(6-3-7-20(17,18)19)15-11-5-2-1-4-9(10)11/h1-2,4-5,8,12H,3,6-7H2. The predicted molar refractivity (Wildman–Crippen MR) is 75.6 cm³/mol. The molecule has 0 spiro atoms. The van der Waals surface area contributed by atoms with Gasteiger partial charge in [0.1, 0.15) is 10.4 Å². The maximum Gasteiger partial charge on any atom is 0.202 e. The zero-order valence-electron chi connectivity index (χ0n) is 10.4. The summed E-state index contributed by atoms with van der Waals surface area (Å²) in [5.74, 6) is -0.422. The number of rotatable bonds is 5. The monoisotopic (exact) mass is 334 g/mol. The number of nitrogens with zero attached hydrogens (tertiary/aromatic N) is 2. The second kappa shape index (κ2) is 6.22. The Morgan fingerprint density at radius 2 is 2.00 bits per heavy atom. The molecule has 108 valence electrons. The van der Waals surface area contributed by atoms with Gasteiger partial charge in [-0.25, -0.2) is 8.42 Å². The third kappa shape index (κ3) is 4.02. The SMILES string of the molecule is O=S(=O)([O-])CCC[n+]1cc(C(Cl)Cl)c2ccccc2n1. The van der Waals surface area contributed by atoms with Crippen LogP contribution in [0.4, 0.5) is 0 Å². The van der Waals surface area contributed by atoms with Crippen molar-refractivity contribution in [3.63, 3.8) is 0 Å². The minimum absolute atomic E-state index is 0.191. The number of alkyl halides is 2. The number of benzene rings is 1. The van der Waals surface area contributed by atoms with Crippen molar-refractivity contribution >= 4 is 44.2 Å². The summed E-state index contributed by atoms with van der Waals surface area (Å²) in [7, 11) is -4.21. The molecule has 1 aromatic heterocycles. The van der Waals surface area contributed by atoms with E-state index in [1.165, 1.54) is 0 Å². The Morgan fingerprint density at radius 3 is 2.65 bits per heavy atom. The molecule has 0 amide bonds. The largest absolute Gasteiger partial charge is 0.748 e. The van der Waals surface area contributed by atoms with Gasteiger partial charge in [0.2, 0.25) is 6.20 Å². The molecule has 0 saturated carbocycles. The first kappa shape index (κ1) is 15.4. The molecular formula is C12H12Cl2N2O3S. The van der Waals surface area contributed by atoms with Gasteiger partial charge in [0, 0.05) is 22.7 Å². The van der Waals surface area contributed by atoms with E-state index in [1.54, 1.807) is 10.9 Å². The van der Waals surface area contributed by atoms with Gasteiger partial charge in [-0.05, 0) is 6.07 Å². The number of aromatic nitrogens is 2. The van der Waals surface area contributed by atoms with Crippen LogP contribution in [0.3, 0.4) is 0 Å². The molecule has 0 N–H and O–H groups in total. The molecule has 0 aliphatic rings. The van der Waals surface area contributed by atoms with Gasteiger partial charge in [-0.2, -0.15) is 0 Å². The molecule has 0 fully saturated rings. The van der Waals surface area contributed by atoms with Crippen molar-refractivity contribution in [2.75, 3.05) is 5.75 Å². The summed E-state index contributed by atoms with van der Waals surface area (Å²) in [6, 6.07) is 7.37. The highest BCUT2D eigenvalue weighted by molar-refractivity contribution is 7.85. The first-order chi connectivity index (χ1) is 9.37. The van der Waals surface area contributed by atoms with Crippen LogP contribution in [0.15, 0.2) is 30.5 Å². The fourth-order valence-corrected chi connectivity index (χ4v) is 2.72. The molecule has 20 heavy (non-hydrogen) atoms. The number of hydrogen-bond donors (Lipinski definition) is 0. The number of fused-ring (bicyclic) bond motifs is 1. The van der Waals surface area contributed by atoms with E-state index in [-0.39, 0.29) is 6.42 Å². The molecule has 5 nitrogen and oxygen atoms in total. The third-order valence-corrected chi connectivity index (χ3v) is 4.01. The van der Waals surface area contributed by atoms with Crippen molar-refractivity contribution < 1.29 is 17.7 Å². The summed E-state index contributed by atoms with van der Waals surface area (Å²) in [6.07, 6.45) is 1.86. The Kier molecular flexibility index (Phi) is 4.80. The summed E-state index contributed by atoms with van der Waals surface area (Å²) in [4.78, 5) is -0.711. The lowest BCUT2D eigenvalue weighted by atomic mass is 10.1. The topological polar surface area (TPSA) is 74.0 Å². The van der Waals surface area contributed by atoms with Crippen LogP contribution in [-0.4, -0.2) is 23.8 Å². The Bertz CT molecular complexity index is 720. The van der Waals surface area contributed by atoms with Crippen LogP contribution in [0.1, 0.15) is 16.8 Å². The second-order valence-electron chi connectivity index (χ2n) is 4.28. The molecule has 0 aliphatic carbocycles. The van der Waals surface area contributed by atoms with Gasteiger partial charge in [0.15, 0.2) is 6.54 Å². The lowest BCUT2D eigenvalue weighted by molar-refractivity contribution is -0.751. The smallest absolute Gasteiger partial charge is 0.202 e. The van der Waals surface area contributed by atoms with Gasteiger partial charge >= 0.3 is 0 Å². The van der Waals surface area contributed by atoms with Crippen molar-refractivity contribution in [3.8, 4) is 0 Å². The average Bonchev–Trinajstić information content (AvgIpc) is 2.36. The van der Waals surface area contributed by atoms with Crippen LogP contribution in [0.25, 0.3) is 10.9 Å². The Morgan fingerprint density at radius 1 is 1.30 bits per heavy atom. The second-order valence-corrected chi connectivity index (χ2v) is 6.90. The maximum absolute atomic E-state index is 10.6. The van der Waals surface area contributed by atoms with Crippen LogP contribution < -0.4 is 4.68 Å².